The Morgan fingerprint density at radius 3 is 2.78 bits per heavy atom. The second-order valence-electron chi connectivity index (χ2n) is 6.63. The fraction of sp³-hybridized carbons (Fsp3) is 0.300. The van der Waals surface area contributed by atoms with Crippen molar-refractivity contribution in [2.24, 2.45) is 7.05 Å². The van der Waals surface area contributed by atoms with Crippen LogP contribution in [-0.4, -0.2) is 39.4 Å². The minimum Gasteiger partial charge on any atom is -0.371 e. The Morgan fingerprint density at radius 2 is 2.00 bits per heavy atom. The zero-order valence-corrected chi connectivity index (χ0v) is 15.7. The number of nitrogens with zero attached hydrogens (tertiary/aromatic N) is 4. The van der Waals surface area contributed by atoms with Crippen LogP contribution in [-0.2, 0) is 18.3 Å². The molecule has 1 fully saturated rings. The van der Waals surface area contributed by atoms with Crippen LogP contribution in [0.25, 0.3) is 11.4 Å². The van der Waals surface area contributed by atoms with E-state index in [0.29, 0.717) is 19.7 Å². The van der Waals surface area contributed by atoms with E-state index in [9.17, 15) is 4.39 Å². The Balaban J connectivity index is 1.48. The smallest absolute Gasteiger partial charge is 0.163 e. The number of benzene rings is 2. The SMILES string of the molecule is Cn1c(CN2CCO[C@@H](c3ccc(F)c(Cl)c3)C2)nnc1-c1ccccc1. The van der Waals surface area contributed by atoms with E-state index in [1.807, 2.05) is 41.9 Å². The van der Waals surface area contributed by atoms with Gasteiger partial charge in [-0.3, -0.25) is 4.90 Å². The molecule has 140 valence electrons. The van der Waals surface area contributed by atoms with Gasteiger partial charge in [0.2, 0.25) is 0 Å². The lowest BCUT2D eigenvalue weighted by Crippen LogP contribution is -2.38. The monoisotopic (exact) mass is 386 g/mol. The van der Waals surface area contributed by atoms with Gasteiger partial charge in [-0.2, -0.15) is 0 Å². The molecule has 1 aliphatic heterocycles. The van der Waals surface area contributed by atoms with Gasteiger partial charge >= 0.3 is 0 Å². The largest absolute Gasteiger partial charge is 0.371 e. The van der Waals surface area contributed by atoms with E-state index in [4.69, 9.17) is 16.3 Å². The molecule has 1 atom stereocenters. The summed E-state index contributed by atoms with van der Waals surface area (Å²) in [6.07, 6.45) is -0.140. The molecule has 0 amide bonds. The number of morpholine rings is 1. The van der Waals surface area contributed by atoms with Crippen LogP contribution in [0.3, 0.4) is 0 Å². The highest BCUT2D eigenvalue weighted by Gasteiger charge is 2.24. The molecule has 1 aromatic heterocycles. The predicted octanol–water partition coefficient (Wildman–Crippen LogP) is 3.85. The predicted molar refractivity (Wildman–Crippen MR) is 102 cm³/mol. The zero-order valence-electron chi connectivity index (χ0n) is 15.0. The summed E-state index contributed by atoms with van der Waals surface area (Å²) in [7, 11) is 1.98. The first-order valence-corrected chi connectivity index (χ1v) is 9.22. The second kappa shape index (κ2) is 7.76. The normalized spacial score (nSPS) is 18.0. The number of hydrogen-bond acceptors (Lipinski definition) is 4. The minimum atomic E-state index is -0.416. The van der Waals surface area contributed by atoms with Crippen molar-refractivity contribution in [2.75, 3.05) is 19.7 Å². The molecule has 7 heteroatoms. The molecule has 2 heterocycles. The molecular weight excluding hydrogens is 367 g/mol. The molecule has 5 nitrogen and oxygen atoms in total. The van der Waals surface area contributed by atoms with Gasteiger partial charge in [-0.15, -0.1) is 10.2 Å². The van der Waals surface area contributed by atoms with E-state index < -0.39 is 5.82 Å². The molecule has 0 spiro atoms. The van der Waals surface area contributed by atoms with Crippen LogP contribution in [0.1, 0.15) is 17.5 Å². The first kappa shape index (κ1) is 18.1. The summed E-state index contributed by atoms with van der Waals surface area (Å²) < 4.78 is 21.3. The molecule has 0 radical (unpaired) electrons. The van der Waals surface area contributed by atoms with Crippen LogP contribution >= 0.6 is 11.6 Å². The highest BCUT2D eigenvalue weighted by molar-refractivity contribution is 6.30. The molecule has 2 aromatic carbocycles. The molecular formula is C20H20ClFN4O. The van der Waals surface area contributed by atoms with E-state index in [-0.39, 0.29) is 11.1 Å². The number of ether oxygens (including phenoxy) is 1. The fourth-order valence-corrected chi connectivity index (χ4v) is 3.49. The topological polar surface area (TPSA) is 43.2 Å². The van der Waals surface area contributed by atoms with Crippen molar-refractivity contribution >= 4 is 11.6 Å². The van der Waals surface area contributed by atoms with E-state index in [0.717, 1.165) is 29.3 Å². The third kappa shape index (κ3) is 3.88. The van der Waals surface area contributed by atoms with Gasteiger partial charge in [0, 0.05) is 25.7 Å². The minimum absolute atomic E-state index is 0.119. The fourth-order valence-electron chi connectivity index (χ4n) is 3.30. The maximum absolute atomic E-state index is 13.4. The lowest BCUT2D eigenvalue weighted by molar-refractivity contribution is -0.0339. The summed E-state index contributed by atoms with van der Waals surface area (Å²) in [5, 5.41) is 8.83. The summed E-state index contributed by atoms with van der Waals surface area (Å²) in [6, 6.07) is 14.8. The summed E-state index contributed by atoms with van der Waals surface area (Å²) in [5.41, 5.74) is 1.92. The van der Waals surface area contributed by atoms with Gasteiger partial charge in [-0.25, -0.2) is 4.39 Å². The maximum Gasteiger partial charge on any atom is 0.163 e. The standard InChI is InChI=1S/C20H20ClFN4O/c1-25-19(23-24-20(25)14-5-3-2-4-6-14)13-26-9-10-27-18(12-26)15-7-8-17(22)16(21)11-15/h2-8,11,18H,9-10,12-13H2,1H3/t18-/m1/s1. The lowest BCUT2D eigenvalue weighted by atomic mass is 10.1. The highest BCUT2D eigenvalue weighted by Crippen LogP contribution is 2.27. The Morgan fingerprint density at radius 1 is 1.19 bits per heavy atom. The van der Waals surface area contributed by atoms with Gasteiger partial charge in [0.15, 0.2) is 5.82 Å². The molecule has 27 heavy (non-hydrogen) atoms. The van der Waals surface area contributed by atoms with Gasteiger partial charge in [-0.1, -0.05) is 48.0 Å². The summed E-state index contributed by atoms with van der Waals surface area (Å²) >= 11 is 5.92. The Bertz CT molecular complexity index is 931. The molecule has 0 aliphatic carbocycles. The van der Waals surface area contributed by atoms with E-state index in [1.165, 1.54) is 6.07 Å². The quantitative estimate of drug-likeness (QED) is 0.683. The molecule has 1 aliphatic rings. The summed E-state index contributed by atoms with van der Waals surface area (Å²) in [5.74, 6) is 1.33. The van der Waals surface area contributed by atoms with Crippen molar-refractivity contribution in [3.05, 3.63) is 70.8 Å². The number of aromatic nitrogens is 3. The molecule has 0 saturated carbocycles. The Kier molecular flexibility index (Phi) is 5.20. The van der Waals surface area contributed by atoms with Crippen LogP contribution in [0, 0.1) is 5.82 Å². The van der Waals surface area contributed by atoms with Crippen LogP contribution in [0.2, 0.25) is 5.02 Å². The van der Waals surface area contributed by atoms with Crippen molar-refractivity contribution in [3.8, 4) is 11.4 Å². The van der Waals surface area contributed by atoms with Gasteiger partial charge in [0.25, 0.3) is 0 Å². The van der Waals surface area contributed by atoms with Crippen LogP contribution in [0.5, 0.6) is 0 Å². The van der Waals surface area contributed by atoms with Crippen LogP contribution < -0.4 is 0 Å². The Labute approximate surface area is 162 Å². The van der Waals surface area contributed by atoms with Gasteiger partial charge < -0.3 is 9.30 Å². The van der Waals surface area contributed by atoms with E-state index >= 15 is 0 Å². The molecule has 0 N–H and O–H groups in total. The summed E-state index contributed by atoms with van der Waals surface area (Å²) in [4.78, 5) is 2.27. The van der Waals surface area contributed by atoms with Crippen LogP contribution in [0.4, 0.5) is 4.39 Å². The van der Waals surface area contributed by atoms with Crippen molar-refractivity contribution in [1.82, 2.24) is 19.7 Å². The van der Waals surface area contributed by atoms with Crippen molar-refractivity contribution in [2.45, 2.75) is 12.6 Å². The van der Waals surface area contributed by atoms with Gasteiger partial charge in [0.05, 0.1) is 24.3 Å². The third-order valence-electron chi connectivity index (χ3n) is 4.83. The average Bonchev–Trinajstić information content (AvgIpc) is 3.05. The van der Waals surface area contributed by atoms with Crippen molar-refractivity contribution < 1.29 is 9.13 Å². The van der Waals surface area contributed by atoms with E-state index in [2.05, 4.69) is 15.1 Å². The first-order valence-electron chi connectivity index (χ1n) is 8.84. The molecule has 4 rings (SSSR count). The van der Waals surface area contributed by atoms with Crippen molar-refractivity contribution in [1.29, 1.82) is 0 Å². The number of hydrogen-bond donors (Lipinski definition) is 0. The molecule has 0 unspecified atom stereocenters. The van der Waals surface area contributed by atoms with Crippen LogP contribution in [0.15, 0.2) is 48.5 Å². The van der Waals surface area contributed by atoms with E-state index in [1.54, 1.807) is 12.1 Å². The van der Waals surface area contributed by atoms with Gasteiger partial charge in [-0.05, 0) is 17.7 Å². The third-order valence-corrected chi connectivity index (χ3v) is 5.12. The van der Waals surface area contributed by atoms with Gasteiger partial charge in [0.1, 0.15) is 11.6 Å². The highest BCUT2D eigenvalue weighted by atomic mass is 35.5. The average molecular weight is 387 g/mol. The Hall–Kier alpha value is -2.28. The zero-order chi connectivity index (χ0) is 18.8. The number of rotatable bonds is 4. The number of halogens is 2. The summed E-state index contributed by atoms with van der Waals surface area (Å²) in [6.45, 7) is 2.77. The maximum atomic E-state index is 13.4. The second-order valence-corrected chi connectivity index (χ2v) is 7.04. The first-order chi connectivity index (χ1) is 13.1. The molecule has 1 saturated heterocycles. The van der Waals surface area contributed by atoms with Crippen molar-refractivity contribution in [3.63, 3.8) is 0 Å². The molecule has 3 aromatic rings. The molecule has 0 bridgehead atoms. The lowest BCUT2D eigenvalue weighted by Gasteiger charge is -2.32.